The highest BCUT2D eigenvalue weighted by Crippen LogP contribution is 2.18. The molecular weight excluding hydrogens is 342 g/mol. The van der Waals surface area contributed by atoms with E-state index < -0.39 is 5.82 Å². The zero-order chi connectivity index (χ0) is 15.5. The van der Waals surface area contributed by atoms with Crippen molar-refractivity contribution in [2.75, 3.05) is 18.4 Å². The SMILES string of the molecule is Cl.O=C(Nc1ccnn1Cc1ccc(Cl)c(F)c1)C1CCNC1. The Bertz CT molecular complexity index is 686. The van der Waals surface area contributed by atoms with Gasteiger partial charge in [0.05, 0.1) is 23.7 Å². The van der Waals surface area contributed by atoms with Crippen molar-refractivity contribution in [2.24, 2.45) is 5.92 Å². The zero-order valence-electron chi connectivity index (χ0n) is 12.3. The number of benzene rings is 1. The number of hydrogen-bond donors (Lipinski definition) is 2. The van der Waals surface area contributed by atoms with Gasteiger partial charge >= 0.3 is 0 Å². The molecular formula is C15H17Cl2FN4O. The van der Waals surface area contributed by atoms with Gasteiger partial charge in [-0.3, -0.25) is 4.79 Å². The number of nitrogens with one attached hydrogen (secondary N) is 2. The van der Waals surface area contributed by atoms with Gasteiger partial charge in [0.15, 0.2) is 0 Å². The predicted molar refractivity (Wildman–Crippen MR) is 89.6 cm³/mol. The molecule has 1 aliphatic rings. The third kappa shape index (κ3) is 4.22. The van der Waals surface area contributed by atoms with E-state index in [4.69, 9.17) is 11.6 Å². The summed E-state index contributed by atoms with van der Waals surface area (Å²) in [7, 11) is 0. The van der Waals surface area contributed by atoms with E-state index in [-0.39, 0.29) is 29.3 Å². The van der Waals surface area contributed by atoms with Crippen LogP contribution in [0, 0.1) is 11.7 Å². The first-order valence-corrected chi connectivity index (χ1v) is 7.48. The molecule has 0 spiro atoms. The van der Waals surface area contributed by atoms with Crippen LogP contribution in [-0.2, 0) is 11.3 Å². The molecule has 0 radical (unpaired) electrons. The third-order valence-electron chi connectivity index (χ3n) is 3.72. The normalized spacial score (nSPS) is 16.9. The fourth-order valence-corrected chi connectivity index (χ4v) is 2.60. The Hall–Kier alpha value is -1.63. The number of carbonyl (C=O) groups excluding carboxylic acids is 1. The average molecular weight is 359 g/mol. The molecule has 0 saturated carbocycles. The highest BCUT2D eigenvalue weighted by atomic mass is 35.5. The van der Waals surface area contributed by atoms with Crippen LogP contribution in [-0.4, -0.2) is 28.8 Å². The molecule has 2 aromatic rings. The van der Waals surface area contributed by atoms with E-state index in [1.165, 1.54) is 12.1 Å². The first-order valence-electron chi connectivity index (χ1n) is 7.11. The maximum atomic E-state index is 13.5. The molecule has 1 amide bonds. The molecule has 0 aliphatic carbocycles. The Kier molecular flexibility index (Phi) is 5.98. The summed E-state index contributed by atoms with van der Waals surface area (Å²) in [4.78, 5) is 12.1. The number of hydrogen-bond acceptors (Lipinski definition) is 3. The van der Waals surface area contributed by atoms with E-state index in [9.17, 15) is 9.18 Å². The lowest BCUT2D eigenvalue weighted by molar-refractivity contribution is -0.119. The largest absolute Gasteiger partial charge is 0.316 e. The Morgan fingerprint density at radius 1 is 1.48 bits per heavy atom. The molecule has 5 nitrogen and oxygen atoms in total. The van der Waals surface area contributed by atoms with Crippen LogP contribution in [0.25, 0.3) is 0 Å². The standard InChI is InChI=1S/C15H16ClFN4O.ClH/c16-12-2-1-10(7-13(12)17)9-21-14(4-6-19-21)20-15(22)11-3-5-18-8-11;/h1-2,4,6-7,11,18H,3,5,8-9H2,(H,20,22);1H. The number of halogens is 3. The summed E-state index contributed by atoms with van der Waals surface area (Å²) in [6.07, 6.45) is 2.44. The van der Waals surface area contributed by atoms with Crippen molar-refractivity contribution in [3.8, 4) is 0 Å². The second kappa shape index (κ2) is 7.77. The zero-order valence-corrected chi connectivity index (χ0v) is 13.8. The van der Waals surface area contributed by atoms with E-state index in [0.717, 1.165) is 18.5 Å². The van der Waals surface area contributed by atoms with Crippen LogP contribution in [0.15, 0.2) is 30.5 Å². The maximum Gasteiger partial charge on any atom is 0.229 e. The van der Waals surface area contributed by atoms with Crippen molar-refractivity contribution in [2.45, 2.75) is 13.0 Å². The van der Waals surface area contributed by atoms with Gasteiger partial charge in [-0.2, -0.15) is 5.10 Å². The van der Waals surface area contributed by atoms with E-state index in [1.54, 1.807) is 23.0 Å². The number of rotatable bonds is 4. The van der Waals surface area contributed by atoms with Gasteiger partial charge in [-0.25, -0.2) is 9.07 Å². The maximum absolute atomic E-state index is 13.5. The van der Waals surface area contributed by atoms with Gasteiger partial charge in [-0.05, 0) is 30.7 Å². The van der Waals surface area contributed by atoms with Crippen LogP contribution >= 0.6 is 24.0 Å². The van der Waals surface area contributed by atoms with Crippen molar-refractivity contribution in [3.63, 3.8) is 0 Å². The monoisotopic (exact) mass is 358 g/mol. The predicted octanol–water partition coefficient (Wildman–Crippen LogP) is 2.69. The molecule has 1 fully saturated rings. The first-order chi connectivity index (χ1) is 10.6. The summed E-state index contributed by atoms with van der Waals surface area (Å²) < 4.78 is 15.1. The minimum atomic E-state index is -0.464. The summed E-state index contributed by atoms with van der Waals surface area (Å²) in [5, 5.41) is 10.3. The molecule has 1 saturated heterocycles. The van der Waals surface area contributed by atoms with Crippen molar-refractivity contribution in [3.05, 3.63) is 46.9 Å². The van der Waals surface area contributed by atoms with Crippen LogP contribution < -0.4 is 10.6 Å². The Morgan fingerprint density at radius 2 is 2.30 bits per heavy atom. The number of aromatic nitrogens is 2. The van der Waals surface area contributed by atoms with Gasteiger partial charge in [0, 0.05) is 12.6 Å². The lowest BCUT2D eigenvalue weighted by atomic mass is 10.1. The van der Waals surface area contributed by atoms with Gasteiger partial charge in [-0.15, -0.1) is 12.4 Å². The Morgan fingerprint density at radius 3 is 3.00 bits per heavy atom. The highest BCUT2D eigenvalue weighted by molar-refractivity contribution is 6.30. The van der Waals surface area contributed by atoms with E-state index in [1.807, 2.05) is 0 Å². The number of nitrogens with zero attached hydrogens (tertiary/aromatic N) is 2. The van der Waals surface area contributed by atoms with Crippen molar-refractivity contribution >= 4 is 35.7 Å². The summed E-state index contributed by atoms with van der Waals surface area (Å²) in [6.45, 7) is 1.92. The summed E-state index contributed by atoms with van der Waals surface area (Å²) in [5.74, 6) is 0.103. The molecule has 1 aliphatic heterocycles. The molecule has 3 rings (SSSR count). The molecule has 124 valence electrons. The first kappa shape index (κ1) is 17.7. The highest BCUT2D eigenvalue weighted by Gasteiger charge is 2.23. The molecule has 0 bridgehead atoms. The molecule has 1 atom stereocenters. The number of amides is 1. The van der Waals surface area contributed by atoms with Crippen molar-refractivity contribution in [1.29, 1.82) is 0 Å². The summed E-state index contributed by atoms with van der Waals surface area (Å²) >= 11 is 5.67. The third-order valence-corrected chi connectivity index (χ3v) is 4.02. The van der Waals surface area contributed by atoms with Gasteiger partial charge < -0.3 is 10.6 Å². The lowest BCUT2D eigenvalue weighted by Gasteiger charge is -2.12. The van der Waals surface area contributed by atoms with Crippen LogP contribution in [0.1, 0.15) is 12.0 Å². The summed E-state index contributed by atoms with van der Waals surface area (Å²) in [6, 6.07) is 6.35. The van der Waals surface area contributed by atoms with Crippen LogP contribution in [0.4, 0.5) is 10.2 Å². The molecule has 1 unspecified atom stereocenters. The second-order valence-electron chi connectivity index (χ2n) is 5.30. The molecule has 1 aromatic heterocycles. The second-order valence-corrected chi connectivity index (χ2v) is 5.71. The molecule has 2 heterocycles. The minimum Gasteiger partial charge on any atom is -0.316 e. The molecule has 1 aromatic carbocycles. The van der Waals surface area contributed by atoms with Gasteiger partial charge in [0.1, 0.15) is 11.6 Å². The van der Waals surface area contributed by atoms with Crippen molar-refractivity contribution < 1.29 is 9.18 Å². The smallest absolute Gasteiger partial charge is 0.229 e. The van der Waals surface area contributed by atoms with Crippen LogP contribution in [0.2, 0.25) is 5.02 Å². The van der Waals surface area contributed by atoms with Gasteiger partial charge in [-0.1, -0.05) is 17.7 Å². The van der Waals surface area contributed by atoms with Crippen molar-refractivity contribution in [1.82, 2.24) is 15.1 Å². The Balaban J connectivity index is 0.00000192. The molecule has 8 heteroatoms. The van der Waals surface area contributed by atoms with E-state index >= 15 is 0 Å². The fraction of sp³-hybridized carbons (Fsp3) is 0.333. The lowest BCUT2D eigenvalue weighted by Crippen LogP contribution is -2.26. The van der Waals surface area contributed by atoms with Crippen LogP contribution in [0.5, 0.6) is 0 Å². The van der Waals surface area contributed by atoms with Crippen LogP contribution in [0.3, 0.4) is 0 Å². The minimum absolute atomic E-state index is 0. The topological polar surface area (TPSA) is 59.0 Å². The Labute approximate surface area is 144 Å². The van der Waals surface area contributed by atoms with Gasteiger partial charge in [0.25, 0.3) is 0 Å². The van der Waals surface area contributed by atoms with Gasteiger partial charge in [0.2, 0.25) is 5.91 Å². The quantitative estimate of drug-likeness (QED) is 0.883. The fourth-order valence-electron chi connectivity index (χ4n) is 2.48. The van der Waals surface area contributed by atoms with E-state index in [2.05, 4.69) is 15.7 Å². The number of anilines is 1. The number of carbonyl (C=O) groups is 1. The molecule has 23 heavy (non-hydrogen) atoms. The molecule has 2 N–H and O–H groups in total. The average Bonchev–Trinajstić information content (AvgIpc) is 3.15. The summed E-state index contributed by atoms with van der Waals surface area (Å²) in [5.41, 5.74) is 0.726. The van der Waals surface area contributed by atoms with E-state index in [0.29, 0.717) is 18.9 Å².